The molecule has 1 nitrogen and oxygen atoms in total. The minimum atomic E-state index is 0.116. The van der Waals surface area contributed by atoms with Crippen molar-refractivity contribution in [3.8, 4) is 0 Å². The van der Waals surface area contributed by atoms with Crippen LogP contribution in [0.3, 0.4) is 0 Å². The molecule has 3 heteroatoms. The first-order chi connectivity index (χ1) is 9.74. The van der Waals surface area contributed by atoms with Crippen LogP contribution in [0, 0.1) is 0 Å². The molecule has 0 fully saturated rings. The van der Waals surface area contributed by atoms with E-state index in [9.17, 15) is 0 Å². The summed E-state index contributed by atoms with van der Waals surface area (Å²) in [5.41, 5.74) is 9.29. The summed E-state index contributed by atoms with van der Waals surface area (Å²) in [7, 11) is 0. The number of thiophene rings is 1. The van der Waals surface area contributed by atoms with Crippen molar-refractivity contribution in [3.63, 3.8) is 0 Å². The highest BCUT2D eigenvalue weighted by molar-refractivity contribution is 9.10. The fourth-order valence-corrected chi connectivity index (χ4v) is 4.58. The normalized spacial score (nSPS) is 16.5. The fourth-order valence-electron chi connectivity index (χ4n) is 2.87. The van der Waals surface area contributed by atoms with E-state index < -0.39 is 0 Å². The van der Waals surface area contributed by atoms with Crippen molar-refractivity contribution >= 4 is 27.3 Å². The van der Waals surface area contributed by atoms with Crippen molar-refractivity contribution in [1.82, 2.24) is 0 Å². The number of hydrogen-bond donors (Lipinski definition) is 1. The number of aryl methyl sites for hydroxylation is 2. The van der Waals surface area contributed by atoms with Gasteiger partial charge in [-0.1, -0.05) is 40.5 Å². The molecule has 0 saturated carbocycles. The van der Waals surface area contributed by atoms with Gasteiger partial charge in [-0.2, -0.15) is 0 Å². The van der Waals surface area contributed by atoms with Crippen LogP contribution < -0.4 is 5.73 Å². The fraction of sp³-hybridized carbons (Fsp3) is 0.412. The zero-order valence-corrected chi connectivity index (χ0v) is 14.0. The lowest BCUT2D eigenvalue weighted by Gasteiger charge is -2.11. The van der Waals surface area contributed by atoms with E-state index in [0.29, 0.717) is 0 Å². The predicted molar refractivity (Wildman–Crippen MR) is 90.4 cm³/mol. The van der Waals surface area contributed by atoms with Gasteiger partial charge in [0.2, 0.25) is 0 Å². The smallest absolute Gasteiger partial charge is 0.0431 e. The van der Waals surface area contributed by atoms with Crippen LogP contribution in [0.25, 0.3) is 0 Å². The summed E-state index contributed by atoms with van der Waals surface area (Å²) < 4.78 is 1.16. The highest BCUT2D eigenvalue weighted by atomic mass is 79.9. The Morgan fingerprint density at radius 2 is 1.95 bits per heavy atom. The van der Waals surface area contributed by atoms with E-state index in [1.165, 1.54) is 42.5 Å². The van der Waals surface area contributed by atoms with Gasteiger partial charge in [-0.25, -0.2) is 0 Å². The monoisotopic (exact) mass is 349 g/mol. The van der Waals surface area contributed by atoms with Gasteiger partial charge in [-0.3, -0.25) is 0 Å². The van der Waals surface area contributed by atoms with Gasteiger partial charge in [-0.15, -0.1) is 11.3 Å². The van der Waals surface area contributed by atoms with Crippen molar-refractivity contribution in [2.45, 2.75) is 44.6 Å². The third kappa shape index (κ3) is 3.16. The molecule has 1 aliphatic rings. The van der Waals surface area contributed by atoms with E-state index >= 15 is 0 Å². The molecule has 1 unspecified atom stereocenters. The van der Waals surface area contributed by atoms with Crippen LogP contribution >= 0.6 is 27.3 Å². The van der Waals surface area contributed by atoms with Gasteiger partial charge < -0.3 is 5.73 Å². The number of benzene rings is 1. The van der Waals surface area contributed by atoms with Crippen LogP contribution in [0.1, 0.15) is 46.2 Å². The van der Waals surface area contributed by atoms with Crippen LogP contribution in [0.4, 0.5) is 0 Å². The highest BCUT2D eigenvalue weighted by Crippen LogP contribution is 2.33. The molecule has 1 aliphatic carbocycles. The molecule has 0 radical (unpaired) electrons. The lowest BCUT2D eigenvalue weighted by Crippen LogP contribution is -2.12. The molecule has 0 saturated heterocycles. The van der Waals surface area contributed by atoms with E-state index in [1.807, 2.05) is 17.4 Å². The zero-order chi connectivity index (χ0) is 13.9. The van der Waals surface area contributed by atoms with E-state index in [-0.39, 0.29) is 6.04 Å². The van der Waals surface area contributed by atoms with Crippen LogP contribution in [0.5, 0.6) is 0 Å². The molecular formula is C17H20BrNS. The Hall–Kier alpha value is -0.640. The number of halogens is 1. The summed E-state index contributed by atoms with van der Waals surface area (Å²) in [5.74, 6) is 0. The Bertz CT molecular complexity index is 567. The predicted octanol–water partition coefficient (Wildman–Crippen LogP) is 5.02. The molecule has 0 bridgehead atoms. The Morgan fingerprint density at radius 1 is 1.15 bits per heavy atom. The quantitative estimate of drug-likeness (QED) is 0.773. The third-order valence-electron chi connectivity index (χ3n) is 4.03. The van der Waals surface area contributed by atoms with Crippen LogP contribution in [0.15, 0.2) is 34.8 Å². The molecule has 0 amide bonds. The maximum Gasteiger partial charge on any atom is 0.0431 e. The third-order valence-corrected chi connectivity index (χ3v) is 6.17. The van der Waals surface area contributed by atoms with Crippen molar-refractivity contribution in [3.05, 3.63) is 55.7 Å². The molecule has 2 N–H and O–H groups in total. The second-order valence-electron chi connectivity index (χ2n) is 5.56. The SMILES string of the molecule is NC(Cc1ccccc1Br)c1cc2c(s1)CCCCC2. The summed E-state index contributed by atoms with van der Waals surface area (Å²) in [6.45, 7) is 0. The lowest BCUT2D eigenvalue weighted by atomic mass is 10.0. The Morgan fingerprint density at radius 3 is 2.80 bits per heavy atom. The highest BCUT2D eigenvalue weighted by Gasteiger charge is 2.17. The van der Waals surface area contributed by atoms with Gasteiger partial charge in [-0.05, 0) is 55.4 Å². The molecule has 0 aliphatic heterocycles. The summed E-state index contributed by atoms with van der Waals surface area (Å²) >= 11 is 5.55. The van der Waals surface area contributed by atoms with Crippen molar-refractivity contribution < 1.29 is 0 Å². The van der Waals surface area contributed by atoms with E-state index in [1.54, 1.807) is 10.4 Å². The standard InChI is InChI=1S/C17H20BrNS/c18-14-8-5-4-6-12(14)10-15(19)17-11-13-7-2-1-3-9-16(13)20-17/h4-6,8,11,15H,1-3,7,9-10,19H2. The molecular weight excluding hydrogens is 330 g/mol. The van der Waals surface area contributed by atoms with Gasteiger partial charge in [0.05, 0.1) is 0 Å². The maximum atomic E-state index is 6.44. The van der Waals surface area contributed by atoms with Gasteiger partial charge in [0.1, 0.15) is 0 Å². The molecule has 0 spiro atoms. The first-order valence-electron chi connectivity index (χ1n) is 7.34. The summed E-state index contributed by atoms with van der Waals surface area (Å²) in [5, 5.41) is 0. The maximum absolute atomic E-state index is 6.44. The first-order valence-corrected chi connectivity index (χ1v) is 8.95. The molecule has 1 atom stereocenters. The van der Waals surface area contributed by atoms with E-state index in [4.69, 9.17) is 5.73 Å². The molecule has 1 aromatic heterocycles. The van der Waals surface area contributed by atoms with Gasteiger partial charge in [0.15, 0.2) is 0 Å². The minimum Gasteiger partial charge on any atom is -0.323 e. The van der Waals surface area contributed by atoms with E-state index in [0.717, 1.165) is 10.9 Å². The number of fused-ring (bicyclic) bond motifs is 1. The molecule has 2 aromatic rings. The van der Waals surface area contributed by atoms with Gasteiger partial charge >= 0.3 is 0 Å². The zero-order valence-electron chi connectivity index (χ0n) is 11.6. The molecule has 1 heterocycles. The average Bonchev–Trinajstić information content (AvgIpc) is 2.73. The molecule has 20 heavy (non-hydrogen) atoms. The van der Waals surface area contributed by atoms with Gasteiger partial charge in [0, 0.05) is 20.3 Å². The topological polar surface area (TPSA) is 26.0 Å². The number of hydrogen-bond acceptors (Lipinski definition) is 2. The van der Waals surface area contributed by atoms with Crippen LogP contribution in [0.2, 0.25) is 0 Å². The summed E-state index contributed by atoms with van der Waals surface area (Å²) in [4.78, 5) is 2.94. The van der Waals surface area contributed by atoms with Crippen LogP contribution in [-0.4, -0.2) is 0 Å². The Balaban J connectivity index is 1.77. The number of rotatable bonds is 3. The van der Waals surface area contributed by atoms with Crippen molar-refractivity contribution in [2.24, 2.45) is 5.73 Å². The van der Waals surface area contributed by atoms with Crippen molar-refractivity contribution in [2.75, 3.05) is 0 Å². The van der Waals surface area contributed by atoms with Crippen molar-refractivity contribution in [1.29, 1.82) is 0 Å². The minimum absolute atomic E-state index is 0.116. The Kier molecular flexibility index (Phi) is 4.59. The second kappa shape index (κ2) is 6.42. The van der Waals surface area contributed by atoms with Crippen LogP contribution in [-0.2, 0) is 19.3 Å². The van der Waals surface area contributed by atoms with Gasteiger partial charge in [0.25, 0.3) is 0 Å². The Labute approximate surface area is 133 Å². The average molecular weight is 350 g/mol. The summed E-state index contributed by atoms with van der Waals surface area (Å²) in [6.07, 6.45) is 7.45. The molecule has 3 rings (SSSR count). The molecule has 1 aromatic carbocycles. The largest absolute Gasteiger partial charge is 0.323 e. The first kappa shape index (κ1) is 14.3. The molecule has 106 valence electrons. The number of nitrogens with two attached hydrogens (primary N) is 1. The lowest BCUT2D eigenvalue weighted by molar-refractivity contribution is 0.709. The van der Waals surface area contributed by atoms with E-state index in [2.05, 4.69) is 40.2 Å². The second-order valence-corrected chi connectivity index (χ2v) is 7.58. The summed E-state index contributed by atoms with van der Waals surface area (Å²) in [6, 6.07) is 10.9.